The first kappa shape index (κ1) is 20.5. The molecule has 3 N–H and O–H groups in total. The lowest BCUT2D eigenvalue weighted by Crippen LogP contribution is -2.44. The van der Waals surface area contributed by atoms with Crippen LogP contribution in [0.4, 0.5) is 0 Å². The average molecular weight is 364 g/mol. The Morgan fingerprint density at radius 3 is 2.96 bits per heavy atom. The lowest BCUT2D eigenvalue weighted by Gasteiger charge is -2.27. The molecule has 1 aliphatic rings. The predicted molar refractivity (Wildman–Crippen MR) is 105 cm³/mol. The number of benzene rings is 1. The van der Waals surface area contributed by atoms with Gasteiger partial charge in [0.05, 0.1) is 13.2 Å². The van der Waals surface area contributed by atoms with Crippen molar-refractivity contribution in [3.63, 3.8) is 0 Å². The van der Waals surface area contributed by atoms with Crippen molar-refractivity contribution < 1.29 is 14.6 Å². The molecule has 1 saturated heterocycles. The number of unbranched alkanes of at least 4 members (excludes halogenated alkanes) is 1. The minimum absolute atomic E-state index is 0.000591. The van der Waals surface area contributed by atoms with Crippen molar-refractivity contribution in [3.8, 4) is 5.75 Å². The van der Waals surface area contributed by atoms with Gasteiger partial charge in [-0.25, -0.2) is 0 Å². The van der Waals surface area contributed by atoms with Crippen LogP contribution >= 0.6 is 0 Å². The maximum absolute atomic E-state index is 9.33. The molecule has 1 unspecified atom stereocenters. The molecule has 0 aromatic heterocycles. The summed E-state index contributed by atoms with van der Waals surface area (Å²) in [4.78, 5) is 4.30. The Morgan fingerprint density at radius 2 is 2.27 bits per heavy atom. The zero-order valence-corrected chi connectivity index (χ0v) is 16.1. The molecule has 1 heterocycles. The predicted octanol–water partition coefficient (Wildman–Crippen LogP) is 2.32. The highest BCUT2D eigenvalue weighted by Crippen LogP contribution is 2.31. The Bertz CT molecular complexity index is 557. The zero-order chi connectivity index (χ0) is 18.7. The summed E-state index contributed by atoms with van der Waals surface area (Å²) in [5.74, 6) is 1.66. The van der Waals surface area contributed by atoms with Gasteiger partial charge in [0.25, 0.3) is 0 Å². The molecule has 26 heavy (non-hydrogen) atoms. The van der Waals surface area contributed by atoms with Gasteiger partial charge in [0.1, 0.15) is 5.75 Å². The van der Waals surface area contributed by atoms with E-state index in [1.165, 1.54) is 0 Å². The van der Waals surface area contributed by atoms with Crippen molar-refractivity contribution in [2.75, 3.05) is 40.0 Å². The summed E-state index contributed by atoms with van der Waals surface area (Å²) in [5.41, 5.74) is 1.15. The van der Waals surface area contributed by atoms with Gasteiger partial charge < -0.3 is 25.2 Å². The standard InChI is InChI=1S/C20H33N3O3/c1-3-4-11-26-18-7-5-6-17(13-18)14-22-19(21-2)23-15-20(8-10-24)9-12-25-16-20/h5-7,13,24H,3-4,8-12,14-16H2,1-2H3,(H2,21,22,23). The maximum Gasteiger partial charge on any atom is 0.191 e. The van der Waals surface area contributed by atoms with Crippen LogP contribution in [0.25, 0.3) is 0 Å². The second-order valence-corrected chi connectivity index (χ2v) is 6.90. The molecule has 0 aliphatic carbocycles. The molecule has 1 atom stereocenters. The molecule has 0 radical (unpaired) electrons. The average Bonchev–Trinajstić information content (AvgIpc) is 3.11. The van der Waals surface area contributed by atoms with Crippen molar-refractivity contribution in [2.24, 2.45) is 10.4 Å². The normalized spacial score (nSPS) is 20.2. The molecule has 0 bridgehead atoms. The highest BCUT2D eigenvalue weighted by Gasteiger charge is 2.34. The van der Waals surface area contributed by atoms with Gasteiger partial charge >= 0.3 is 0 Å². The second kappa shape index (κ2) is 11.0. The maximum atomic E-state index is 9.33. The van der Waals surface area contributed by atoms with Crippen LogP contribution in [-0.4, -0.2) is 51.1 Å². The van der Waals surface area contributed by atoms with Gasteiger partial charge in [0, 0.05) is 38.8 Å². The molecule has 2 rings (SSSR count). The SMILES string of the molecule is CCCCOc1cccc(CNC(=NC)NCC2(CCO)CCOC2)c1. The second-order valence-electron chi connectivity index (χ2n) is 6.90. The van der Waals surface area contributed by atoms with E-state index in [2.05, 4.69) is 34.7 Å². The van der Waals surface area contributed by atoms with Crippen LogP contribution in [0.1, 0.15) is 38.2 Å². The Kier molecular flexibility index (Phi) is 8.71. The first-order valence-electron chi connectivity index (χ1n) is 9.56. The molecule has 1 fully saturated rings. The number of aliphatic hydroxyl groups is 1. The highest BCUT2D eigenvalue weighted by atomic mass is 16.5. The molecule has 0 spiro atoms. The molecule has 1 aromatic rings. The highest BCUT2D eigenvalue weighted by molar-refractivity contribution is 5.79. The minimum Gasteiger partial charge on any atom is -0.494 e. The van der Waals surface area contributed by atoms with Crippen molar-refractivity contribution in [3.05, 3.63) is 29.8 Å². The Morgan fingerprint density at radius 1 is 1.38 bits per heavy atom. The lowest BCUT2D eigenvalue weighted by molar-refractivity contribution is 0.127. The van der Waals surface area contributed by atoms with Crippen LogP contribution in [0.15, 0.2) is 29.3 Å². The summed E-state index contributed by atoms with van der Waals surface area (Å²) in [6, 6.07) is 8.14. The Hall–Kier alpha value is -1.79. The number of nitrogens with one attached hydrogen (secondary N) is 2. The lowest BCUT2D eigenvalue weighted by atomic mass is 9.84. The Labute approximate surface area is 157 Å². The van der Waals surface area contributed by atoms with Gasteiger partial charge in [-0.05, 0) is 37.0 Å². The van der Waals surface area contributed by atoms with Crippen LogP contribution < -0.4 is 15.4 Å². The molecule has 146 valence electrons. The van der Waals surface area contributed by atoms with E-state index in [0.29, 0.717) is 13.2 Å². The van der Waals surface area contributed by atoms with E-state index >= 15 is 0 Å². The van der Waals surface area contributed by atoms with Crippen LogP contribution in [0.5, 0.6) is 5.75 Å². The zero-order valence-electron chi connectivity index (χ0n) is 16.1. The van der Waals surface area contributed by atoms with E-state index in [9.17, 15) is 5.11 Å². The van der Waals surface area contributed by atoms with Crippen LogP contribution in [-0.2, 0) is 11.3 Å². The number of hydrogen-bond acceptors (Lipinski definition) is 4. The largest absolute Gasteiger partial charge is 0.494 e. The summed E-state index contributed by atoms with van der Waals surface area (Å²) >= 11 is 0. The topological polar surface area (TPSA) is 75.1 Å². The fourth-order valence-corrected chi connectivity index (χ4v) is 3.07. The molecule has 1 aliphatic heterocycles. The number of ether oxygens (including phenoxy) is 2. The summed E-state index contributed by atoms with van der Waals surface area (Å²) in [6.07, 6.45) is 3.91. The van der Waals surface area contributed by atoms with E-state index in [-0.39, 0.29) is 12.0 Å². The molecule has 1 aromatic carbocycles. The van der Waals surface area contributed by atoms with Crippen molar-refractivity contribution in [1.82, 2.24) is 10.6 Å². The molecule has 6 heteroatoms. The van der Waals surface area contributed by atoms with Crippen LogP contribution in [0.2, 0.25) is 0 Å². The monoisotopic (exact) mass is 363 g/mol. The Balaban J connectivity index is 1.82. The molecule has 0 amide bonds. The third-order valence-electron chi connectivity index (χ3n) is 4.81. The van der Waals surface area contributed by atoms with Gasteiger partial charge in [0.2, 0.25) is 0 Å². The van der Waals surface area contributed by atoms with Crippen LogP contribution in [0, 0.1) is 5.41 Å². The summed E-state index contributed by atoms with van der Waals surface area (Å²) < 4.78 is 11.3. The number of aliphatic imine (C=N–C) groups is 1. The summed E-state index contributed by atoms with van der Waals surface area (Å²) in [7, 11) is 1.77. The van der Waals surface area contributed by atoms with E-state index in [4.69, 9.17) is 9.47 Å². The first-order valence-corrected chi connectivity index (χ1v) is 9.56. The van der Waals surface area contributed by atoms with Gasteiger partial charge in [-0.3, -0.25) is 4.99 Å². The third-order valence-corrected chi connectivity index (χ3v) is 4.81. The van der Waals surface area contributed by atoms with E-state index in [0.717, 1.165) is 62.7 Å². The minimum atomic E-state index is -0.000591. The van der Waals surface area contributed by atoms with E-state index < -0.39 is 0 Å². The van der Waals surface area contributed by atoms with Gasteiger partial charge in [-0.1, -0.05) is 25.5 Å². The summed E-state index contributed by atoms with van der Waals surface area (Å²) in [6.45, 7) is 5.97. The fourth-order valence-electron chi connectivity index (χ4n) is 3.07. The number of hydrogen-bond donors (Lipinski definition) is 3. The fraction of sp³-hybridized carbons (Fsp3) is 0.650. The quantitative estimate of drug-likeness (QED) is 0.338. The molecular formula is C20H33N3O3. The number of rotatable bonds is 10. The number of guanidine groups is 1. The molecular weight excluding hydrogens is 330 g/mol. The summed E-state index contributed by atoms with van der Waals surface area (Å²) in [5, 5.41) is 16.1. The number of aliphatic hydroxyl groups excluding tert-OH is 1. The van der Waals surface area contributed by atoms with Gasteiger partial charge in [-0.2, -0.15) is 0 Å². The van der Waals surface area contributed by atoms with E-state index in [1.807, 2.05) is 12.1 Å². The number of nitrogens with zero attached hydrogens (tertiary/aromatic N) is 1. The van der Waals surface area contributed by atoms with E-state index in [1.54, 1.807) is 7.05 Å². The molecule has 6 nitrogen and oxygen atoms in total. The van der Waals surface area contributed by atoms with Gasteiger partial charge in [0.15, 0.2) is 5.96 Å². The van der Waals surface area contributed by atoms with Gasteiger partial charge in [-0.15, -0.1) is 0 Å². The van der Waals surface area contributed by atoms with Crippen molar-refractivity contribution in [1.29, 1.82) is 0 Å². The van der Waals surface area contributed by atoms with Crippen molar-refractivity contribution in [2.45, 2.75) is 39.2 Å². The smallest absolute Gasteiger partial charge is 0.191 e. The first-order chi connectivity index (χ1) is 12.7. The van der Waals surface area contributed by atoms with Crippen LogP contribution in [0.3, 0.4) is 0 Å². The molecule has 0 saturated carbocycles. The third kappa shape index (κ3) is 6.50. The van der Waals surface area contributed by atoms with Crippen molar-refractivity contribution >= 4 is 5.96 Å².